The first-order valence-corrected chi connectivity index (χ1v) is 6.30. The van der Waals surface area contributed by atoms with Crippen molar-refractivity contribution in [3.8, 4) is 0 Å². The molecule has 0 unspecified atom stereocenters. The molecule has 3 rings (SSSR count). The molecule has 20 heavy (non-hydrogen) atoms. The number of para-hydroxylation sites is 1. The molecular weight excluding hydrogens is 258 g/mol. The second kappa shape index (κ2) is 4.80. The van der Waals surface area contributed by atoms with E-state index in [1.165, 1.54) is 10.9 Å². The molecule has 1 aliphatic heterocycles. The average Bonchev–Trinajstić information content (AvgIpc) is 3.03. The minimum absolute atomic E-state index is 0.195. The van der Waals surface area contributed by atoms with E-state index in [2.05, 4.69) is 5.10 Å². The zero-order valence-corrected chi connectivity index (χ0v) is 10.7. The molecule has 1 N–H and O–H groups in total. The first-order chi connectivity index (χ1) is 9.65. The molecule has 0 atom stereocenters. The van der Waals surface area contributed by atoms with Gasteiger partial charge in [-0.15, -0.1) is 0 Å². The lowest BCUT2D eigenvalue weighted by atomic mass is 10.2. The highest BCUT2D eigenvalue weighted by molar-refractivity contribution is 6.06. The Labute approximate surface area is 115 Å². The zero-order chi connectivity index (χ0) is 14.1. The molecule has 1 aromatic carbocycles. The monoisotopic (exact) mass is 271 g/mol. The van der Waals surface area contributed by atoms with Gasteiger partial charge in [-0.25, -0.2) is 0 Å². The molecule has 0 spiro atoms. The van der Waals surface area contributed by atoms with Crippen LogP contribution in [0.5, 0.6) is 0 Å². The van der Waals surface area contributed by atoms with E-state index in [0.29, 0.717) is 6.54 Å². The van der Waals surface area contributed by atoms with Crippen LogP contribution in [0.25, 0.3) is 0 Å². The molecule has 0 aliphatic carbocycles. The summed E-state index contributed by atoms with van der Waals surface area (Å²) in [5.41, 5.74) is 2.32. The molecule has 6 nitrogen and oxygen atoms in total. The fourth-order valence-corrected chi connectivity index (χ4v) is 2.39. The molecule has 2 heterocycles. The predicted molar refractivity (Wildman–Crippen MR) is 71.7 cm³/mol. The van der Waals surface area contributed by atoms with Crippen molar-refractivity contribution < 1.29 is 14.7 Å². The highest BCUT2D eigenvalue weighted by atomic mass is 16.4. The van der Waals surface area contributed by atoms with Crippen molar-refractivity contribution >= 4 is 17.6 Å². The third kappa shape index (κ3) is 2.16. The molecule has 1 aromatic heterocycles. The fraction of sp³-hybridized carbons (Fsp3) is 0.214. The number of amides is 1. The summed E-state index contributed by atoms with van der Waals surface area (Å²) in [4.78, 5) is 24.7. The molecule has 1 amide bonds. The van der Waals surface area contributed by atoms with E-state index in [4.69, 9.17) is 5.11 Å². The molecule has 6 heteroatoms. The number of nitrogens with zero attached hydrogens (tertiary/aromatic N) is 3. The van der Waals surface area contributed by atoms with Crippen LogP contribution in [0.15, 0.2) is 36.5 Å². The van der Waals surface area contributed by atoms with Gasteiger partial charge in [-0.1, -0.05) is 18.2 Å². The lowest BCUT2D eigenvalue weighted by Gasteiger charge is -2.15. The summed E-state index contributed by atoms with van der Waals surface area (Å²) in [6.07, 6.45) is 2.33. The van der Waals surface area contributed by atoms with Gasteiger partial charge in [-0.2, -0.15) is 5.10 Å². The van der Waals surface area contributed by atoms with Gasteiger partial charge in [0, 0.05) is 18.4 Å². The number of carbonyl (C=O) groups is 2. The van der Waals surface area contributed by atoms with Crippen molar-refractivity contribution in [2.45, 2.75) is 13.0 Å². The molecule has 0 fully saturated rings. The maximum Gasteiger partial charge on any atom is 0.325 e. The van der Waals surface area contributed by atoms with Crippen molar-refractivity contribution in [1.29, 1.82) is 0 Å². The number of fused-ring (bicyclic) bond motifs is 1. The summed E-state index contributed by atoms with van der Waals surface area (Å²) >= 11 is 0. The van der Waals surface area contributed by atoms with Crippen LogP contribution in [0, 0.1) is 0 Å². The number of benzene rings is 1. The minimum Gasteiger partial charge on any atom is -0.480 e. The second-order valence-corrected chi connectivity index (χ2v) is 4.63. The summed E-state index contributed by atoms with van der Waals surface area (Å²) in [5.74, 6) is -1.18. The summed E-state index contributed by atoms with van der Waals surface area (Å²) in [6, 6.07) is 9.31. The number of aromatic nitrogens is 2. The Balaban J connectivity index is 1.83. The highest BCUT2D eigenvalue weighted by Gasteiger charge is 2.26. The van der Waals surface area contributed by atoms with Gasteiger partial charge in [0.1, 0.15) is 6.54 Å². The fourth-order valence-electron chi connectivity index (χ4n) is 2.39. The van der Waals surface area contributed by atoms with Crippen molar-refractivity contribution in [2.75, 3.05) is 11.4 Å². The molecule has 0 radical (unpaired) electrons. The topological polar surface area (TPSA) is 75.4 Å². The number of hydrogen-bond acceptors (Lipinski definition) is 3. The quantitative estimate of drug-likeness (QED) is 0.909. The Morgan fingerprint density at radius 2 is 2.05 bits per heavy atom. The van der Waals surface area contributed by atoms with Crippen LogP contribution in [0.2, 0.25) is 0 Å². The van der Waals surface area contributed by atoms with Crippen molar-refractivity contribution in [3.63, 3.8) is 0 Å². The Hall–Kier alpha value is -2.63. The number of carbonyl (C=O) groups excluding carboxylic acids is 1. The van der Waals surface area contributed by atoms with E-state index in [-0.39, 0.29) is 18.1 Å². The second-order valence-electron chi connectivity index (χ2n) is 4.63. The predicted octanol–water partition coefficient (Wildman–Crippen LogP) is 1.17. The van der Waals surface area contributed by atoms with Crippen LogP contribution in [-0.2, 0) is 17.8 Å². The van der Waals surface area contributed by atoms with E-state index >= 15 is 0 Å². The molecule has 2 aromatic rings. The normalized spacial score (nSPS) is 13.3. The smallest absolute Gasteiger partial charge is 0.325 e. The van der Waals surface area contributed by atoms with Crippen LogP contribution in [0.3, 0.4) is 0 Å². The van der Waals surface area contributed by atoms with Gasteiger partial charge in [0.15, 0.2) is 5.69 Å². The van der Waals surface area contributed by atoms with Gasteiger partial charge in [-0.3, -0.25) is 14.3 Å². The number of hydrogen-bond donors (Lipinski definition) is 1. The Morgan fingerprint density at radius 3 is 2.85 bits per heavy atom. The first kappa shape index (κ1) is 12.4. The van der Waals surface area contributed by atoms with E-state index < -0.39 is 5.97 Å². The third-order valence-electron chi connectivity index (χ3n) is 3.29. The number of carboxylic acid groups (broad SMARTS) is 1. The van der Waals surface area contributed by atoms with Gasteiger partial charge in [0.05, 0.1) is 0 Å². The van der Waals surface area contributed by atoms with Gasteiger partial charge in [0.25, 0.3) is 5.91 Å². The SMILES string of the molecule is O=C(O)Cn1ccc(C(=O)N2CCc3ccccc32)n1. The van der Waals surface area contributed by atoms with Gasteiger partial charge in [0.2, 0.25) is 0 Å². The first-order valence-electron chi connectivity index (χ1n) is 6.30. The largest absolute Gasteiger partial charge is 0.480 e. The highest BCUT2D eigenvalue weighted by Crippen LogP contribution is 2.28. The molecule has 1 aliphatic rings. The lowest BCUT2D eigenvalue weighted by molar-refractivity contribution is -0.137. The maximum atomic E-state index is 12.4. The van der Waals surface area contributed by atoms with E-state index in [9.17, 15) is 9.59 Å². The number of rotatable bonds is 3. The maximum absolute atomic E-state index is 12.4. The number of aliphatic carboxylic acids is 1. The van der Waals surface area contributed by atoms with Crippen molar-refractivity contribution in [3.05, 3.63) is 47.8 Å². The van der Waals surface area contributed by atoms with Gasteiger partial charge >= 0.3 is 5.97 Å². The Morgan fingerprint density at radius 1 is 1.25 bits per heavy atom. The Bertz CT molecular complexity index is 678. The van der Waals surface area contributed by atoms with Crippen LogP contribution >= 0.6 is 0 Å². The number of carboxylic acids is 1. The minimum atomic E-state index is -0.987. The summed E-state index contributed by atoms with van der Waals surface area (Å²) in [6.45, 7) is 0.383. The molecule has 0 saturated heterocycles. The Kier molecular flexibility index (Phi) is 2.98. The van der Waals surface area contributed by atoms with Crippen molar-refractivity contribution in [2.24, 2.45) is 0 Å². The summed E-state index contributed by atoms with van der Waals surface area (Å²) < 4.78 is 1.25. The molecular formula is C14H13N3O3. The van der Waals surface area contributed by atoms with E-state index in [1.54, 1.807) is 11.0 Å². The average molecular weight is 271 g/mol. The molecule has 0 bridgehead atoms. The van der Waals surface area contributed by atoms with Gasteiger partial charge in [-0.05, 0) is 24.1 Å². The van der Waals surface area contributed by atoms with Gasteiger partial charge < -0.3 is 10.0 Å². The standard InChI is InChI=1S/C14H13N3O3/c18-13(19)9-16-7-6-11(15-16)14(20)17-8-5-10-3-1-2-4-12(10)17/h1-4,6-7H,5,8-9H2,(H,18,19). The van der Waals surface area contributed by atoms with E-state index in [0.717, 1.165) is 17.7 Å². The van der Waals surface area contributed by atoms with Crippen LogP contribution < -0.4 is 4.90 Å². The van der Waals surface area contributed by atoms with Crippen LogP contribution in [-0.4, -0.2) is 33.3 Å². The number of anilines is 1. The molecule has 102 valence electrons. The van der Waals surface area contributed by atoms with Crippen molar-refractivity contribution in [1.82, 2.24) is 9.78 Å². The third-order valence-corrected chi connectivity index (χ3v) is 3.29. The summed E-state index contributed by atoms with van der Waals surface area (Å²) in [5, 5.41) is 12.7. The van der Waals surface area contributed by atoms with Crippen LogP contribution in [0.4, 0.5) is 5.69 Å². The van der Waals surface area contributed by atoms with Crippen LogP contribution in [0.1, 0.15) is 16.1 Å². The zero-order valence-electron chi connectivity index (χ0n) is 10.7. The lowest BCUT2D eigenvalue weighted by Crippen LogP contribution is -2.29. The molecule has 0 saturated carbocycles. The van der Waals surface area contributed by atoms with E-state index in [1.807, 2.05) is 24.3 Å². The summed E-state index contributed by atoms with van der Waals surface area (Å²) in [7, 11) is 0.